The average Bonchev–Trinajstić information content (AvgIpc) is 2.25. The zero-order valence-corrected chi connectivity index (χ0v) is 8.64. The zero-order chi connectivity index (χ0) is 12.1. The lowest BCUT2D eigenvalue weighted by Crippen LogP contribution is -2.05. The number of amides is 1. The summed E-state index contributed by atoms with van der Waals surface area (Å²) in [7, 11) is 1.60. The van der Waals surface area contributed by atoms with Crippen molar-refractivity contribution in [3.8, 4) is 0 Å². The molecule has 1 aromatic rings. The van der Waals surface area contributed by atoms with E-state index in [4.69, 9.17) is 5.73 Å². The number of nitrogens with zero attached hydrogens (tertiary/aromatic N) is 1. The van der Waals surface area contributed by atoms with Crippen LogP contribution in [0.2, 0.25) is 0 Å². The third kappa shape index (κ3) is 2.81. The summed E-state index contributed by atoms with van der Waals surface area (Å²) in [6.07, 6.45) is 2.58. The van der Waals surface area contributed by atoms with Crippen LogP contribution in [0.1, 0.15) is 5.56 Å². The van der Waals surface area contributed by atoms with Crippen LogP contribution in [-0.4, -0.2) is 17.9 Å². The van der Waals surface area contributed by atoms with Crippen molar-refractivity contribution in [3.63, 3.8) is 0 Å². The Morgan fingerprint density at radius 3 is 2.75 bits per heavy atom. The second-order valence-electron chi connectivity index (χ2n) is 3.02. The summed E-state index contributed by atoms with van der Waals surface area (Å²) in [5.41, 5.74) is 5.84. The van der Waals surface area contributed by atoms with Crippen LogP contribution < -0.4 is 11.1 Å². The molecule has 0 aliphatic carbocycles. The van der Waals surface area contributed by atoms with Crippen molar-refractivity contribution >= 4 is 23.4 Å². The van der Waals surface area contributed by atoms with Crippen molar-refractivity contribution in [1.29, 1.82) is 0 Å². The standard InChI is InChI=1S/C10H11N3O3/c1-12-8-4-2-7(3-5-10(11)14)6-9(8)13(15)16/h2-6,12H,1H3,(H2,11,14). The number of carbonyl (C=O) groups excluding carboxylic acids is 1. The summed E-state index contributed by atoms with van der Waals surface area (Å²) < 4.78 is 0. The molecule has 1 rings (SSSR count). The van der Waals surface area contributed by atoms with E-state index < -0.39 is 10.8 Å². The van der Waals surface area contributed by atoms with E-state index in [2.05, 4.69) is 5.32 Å². The fraction of sp³-hybridized carbons (Fsp3) is 0.100. The first kappa shape index (κ1) is 11.7. The SMILES string of the molecule is CNc1ccc(C=CC(N)=O)cc1[N+](=O)[O-]. The van der Waals surface area contributed by atoms with Gasteiger partial charge in [-0.05, 0) is 17.7 Å². The highest BCUT2D eigenvalue weighted by Crippen LogP contribution is 2.25. The van der Waals surface area contributed by atoms with Crippen molar-refractivity contribution in [3.05, 3.63) is 40.0 Å². The second-order valence-corrected chi connectivity index (χ2v) is 3.02. The van der Waals surface area contributed by atoms with Crippen LogP contribution in [0.4, 0.5) is 11.4 Å². The molecule has 0 bridgehead atoms. The molecule has 3 N–H and O–H groups in total. The van der Waals surface area contributed by atoms with Gasteiger partial charge in [-0.1, -0.05) is 6.07 Å². The summed E-state index contributed by atoms with van der Waals surface area (Å²) in [4.78, 5) is 20.7. The Kier molecular flexibility index (Phi) is 3.60. The van der Waals surface area contributed by atoms with Crippen molar-refractivity contribution in [2.45, 2.75) is 0 Å². The molecule has 0 aliphatic rings. The number of rotatable bonds is 4. The van der Waals surface area contributed by atoms with E-state index in [0.29, 0.717) is 11.3 Å². The van der Waals surface area contributed by atoms with Crippen LogP contribution >= 0.6 is 0 Å². The summed E-state index contributed by atoms with van der Waals surface area (Å²) in [6.45, 7) is 0. The van der Waals surface area contributed by atoms with Crippen molar-refractivity contribution in [2.75, 3.05) is 12.4 Å². The monoisotopic (exact) mass is 221 g/mol. The first-order chi connectivity index (χ1) is 7.54. The topological polar surface area (TPSA) is 98.3 Å². The van der Waals surface area contributed by atoms with Gasteiger partial charge in [0.2, 0.25) is 5.91 Å². The summed E-state index contributed by atoms with van der Waals surface area (Å²) >= 11 is 0. The molecule has 0 unspecified atom stereocenters. The Hall–Kier alpha value is -2.37. The zero-order valence-electron chi connectivity index (χ0n) is 8.64. The molecule has 1 aromatic carbocycles. The summed E-state index contributed by atoms with van der Waals surface area (Å²) in [5, 5.41) is 13.4. The molecule has 16 heavy (non-hydrogen) atoms. The Balaban J connectivity index is 3.12. The van der Waals surface area contributed by atoms with E-state index in [1.54, 1.807) is 19.2 Å². The molecule has 0 heterocycles. The van der Waals surface area contributed by atoms with Gasteiger partial charge in [0.1, 0.15) is 5.69 Å². The van der Waals surface area contributed by atoms with Gasteiger partial charge >= 0.3 is 0 Å². The number of hydrogen-bond donors (Lipinski definition) is 2. The number of primary amides is 1. The van der Waals surface area contributed by atoms with Gasteiger partial charge in [-0.2, -0.15) is 0 Å². The van der Waals surface area contributed by atoms with Crippen molar-refractivity contribution in [1.82, 2.24) is 0 Å². The lowest BCUT2D eigenvalue weighted by molar-refractivity contribution is -0.383. The minimum atomic E-state index is -0.597. The maximum absolute atomic E-state index is 10.7. The molecule has 0 fully saturated rings. The van der Waals surface area contributed by atoms with E-state index in [1.165, 1.54) is 12.1 Å². The van der Waals surface area contributed by atoms with Crippen LogP contribution in [0.15, 0.2) is 24.3 Å². The summed E-state index contributed by atoms with van der Waals surface area (Å²) in [6, 6.07) is 4.59. The molecule has 6 nitrogen and oxygen atoms in total. The number of hydrogen-bond acceptors (Lipinski definition) is 4. The van der Waals surface area contributed by atoms with E-state index in [9.17, 15) is 14.9 Å². The van der Waals surface area contributed by atoms with Crippen LogP contribution in [-0.2, 0) is 4.79 Å². The maximum Gasteiger partial charge on any atom is 0.292 e. The number of nitro groups is 1. The lowest BCUT2D eigenvalue weighted by Gasteiger charge is -2.02. The predicted molar refractivity (Wildman–Crippen MR) is 60.9 cm³/mol. The molecule has 0 aliphatic heterocycles. The Morgan fingerprint density at radius 2 is 2.25 bits per heavy atom. The fourth-order valence-corrected chi connectivity index (χ4v) is 1.19. The third-order valence-corrected chi connectivity index (χ3v) is 1.93. The fourth-order valence-electron chi connectivity index (χ4n) is 1.19. The molecule has 0 spiro atoms. The molecule has 0 saturated carbocycles. The predicted octanol–water partition coefficient (Wildman–Crippen LogP) is 1.13. The minimum absolute atomic E-state index is 0.0471. The molecule has 0 radical (unpaired) electrons. The van der Waals surface area contributed by atoms with E-state index in [1.807, 2.05) is 0 Å². The average molecular weight is 221 g/mol. The van der Waals surface area contributed by atoms with Gasteiger partial charge in [-0.3, -0.25) is 14.9 Å². The summed E-state index contributed by atoms with van der Waals surface area (Å²) in [5.74, 6) is -0.597. The highest BCUT2D eigenvalue weighted by Gasteiger charge is 2.12. The molecule has 0 atom stereocenters. The van der Waals surface area contributed by atoms with Gasteiger partial charge in [-0.15, -0.1) is 0 Å². The first-order valence-electron chi connectivity index (χ1n) is 4.48. The number of anilines is 1. The quantitative estimate of drug-likeness (QED) is 0.452. The molecule has 6 heteroatoms. The van der Waals surface area contributed by atoms with Crippen LogP contribution in [0.5, 0.6) is 0 Å². The number of nitrogens with one attached hydrogen (secondary N) is 1. The molecular formula is C10H11N3O3. The van der Waals surface area contributed by atoms with Crippen molar-refractivity contribution in [2.24, 2.45) is 5.73 Å². The minimum Gasteiger partial charge on any atom is -0.383 e. The van der Waals surface area contributed by atoms with Crippen LogP contribution in [0.3, 0.4) is 0 Å². The number of carbonyl (C=O) groups is 1. The third-order valence-electron chi connectivity index (χ3n) is 1.93. The van der Waals surface area contributed by atoms with E-state index >= 15 is 0 Å². The lowest BCUT2D eigenvalue weighted by atomic mass is 10.1. The molecule has 0 saturated heterocycles. The number of benzene rings is 1. The van der Waals surface area contributed by atoms with Gasteiger partial charge in [0.05, 0.1) is 4.92 Å². The first-order valence-corrected chi connectivity index (χ1v) is 4.48. The van der Waals surface area contributed by atoms with Crippen molar-refractivity contribution < 1.29 is 9.72 Å². The second kappa shape index (κ2) is 4.92. The smallest absolute Gasteiger partial charge is 0.292 e. The van der Waals surface area contributed by atoms with Gasteiger partial charge in [0.25, 0.3) is 5.69 Å². The Bertz CT molecular complexity index is 455. The number of nitrogens with two attached hydrogens (primary N) is 1. The van der Waals surface area contributed by atoms with E-state index in [0.717, 1.165) is 6.08 Å². The van der Waals surface area contributed by atoms with Gasteiger partial charge < -0.3 is 11.1 Å². The molecular weight excluding hydrogens is 210 g/mol. The Labute approximate surface area is 91.9 Å². The highest BCUT2D eigenvalue weighted by molar-refractivity contribution is 5.90. The highest BCUT2D eigenvalue weighted by atomic mass is 16.6. The maximum atomic E-state index is 10.7. The van der Waals surface area contributed by atoms with Crippen LogP contribution in [0, 0.1) is 10.1 Å². The normalized spacial score (nSPS) is 10.3. The van der Waals surface area contributed by atoms with Gasteiger partial charge in [0, 0.05) is 19.2 Å². The molecule has 0 aromatic heterocycles. The van der Waals surface area contributed by atoms with E-state index in [-0.39, 0.29) is 5.69 Å². The molecule has 84 valence electrons. The van der Waals surface area contributed by atoms with Crippen LogP contribution in [0.25, 0.3) is 6.08 Å². The van der Waals surface area contributed by atoms with Gasteiger partial charge in [-0.25, -0.2) is 0 Å². The number of nitro benzene ring substituents is 1. The largest absolute Gasteiger partial charge is 0.383 e. The van der Waals surface area contributed by atoms with Gasteiger partial charge in [0.15, 0.2) is 0 Å². The Morgan fingerprint density at radius 1 is 1.56 bits per heavy atom. The molecule has 1 amide bonds.